The number of carbonyl (C=O) groups is 2. The summed E-state index contributed by atoms with van der Waals surface area (Å²) in [5, 5.41) is 9.67. The van der Waals surface area contributed by atoms with E-state index < -0.39 is 0 Å². The number of benzene rings is 1. The van der Waals surface area contributed by atoms with Crippen molar-refractivity contribution in [2.24, 2.45) is 5.92 Å². The first-order valence-electron chi connectivity index (χ1n) is 12.1. The summed E-state index contributed by atoms with van der Waals surface area (Å²) < 4.78 is 0. The minimum absolute atomic E-state index is 0.0668. The maximum Gasteiger partial charge on any atom is 0.226 e. The Labute approximate surface area is 206 Å². The van der Waals surface area contributed by atoms with Crippen LogP contribution in [0.5, 0.6) is 0 Å². The number of aromatic nitrogens is 1. The van der Waals surface area contributed by atoms with Crippen molar-refractivity contribution in [1.29, 1.82) is 5.26 Å². The standard InChI is InChI=1S/C27H31ClN4O2/c1-18-16-31(9-10-32(18)27(34)20-5-3-4-6-20)17-23-12-24(28)11-22(19(23)2)14-26(33)21-7-8-30-25(13-21)15-29/h7-8,11-13,18,20H,3-6,9-10,14,16-17H2,1-2H3/t18-/m0/s1. The lowest BCUT2D eigenvalue weighted by Crippen LogP contribution is -2.54. The van der Waals surface area contributed by atoms with E-state index in [0.29, 0.717) is 16.5 Å². The molecule has 1 amide bonds. The fourth-order valence-electron chi connectivity index (χ4n) is 5.24. The first-order valence-corrected chi connectivity index (χ1v) is 12.4. The molecular formula is C27H31ClN4O2. The van der Waals surface area contributed by atoms with Gasteiger partial charge in [-0.2, -0.15) is 5.26 Å². The summed E-state index contributed by atoms with van der Waals surface area (Å²) in [6, 6.07) is 9.15. The Bertz CT molecular complexity index is 1120. The topological polar surface area (TPSA) is 77.3 Å². The van der Waals surface area contributed by atoms with Gasteiger partial charge in [0.1, 0.15) is 11.8 Å². The lowest BCUT2D eigenvalue weighted by atomic mass is 9.95. The number of nitrogens with zero attached hydrogens (tertiary/aromatic N) is 4. The van der Waals surface area contributed by atoms with Gasteiger partial charge in [0.25, 0.3) is 0 Å². The molecule has 6 nitrogen and oxygen atoms in total. The summed E-state index contributed by atoms with van der Waals surface area (Å²) >= 11 is 6.45. The lowest BCUT2D eigenvalue weighted by Gasteiger charge is -2.41. The van der Waals surface area contributed by atoms with E-state index in [2.05, 4.69) is 21.7 Å². The minimum Gasteiger partial charge on any atom is -0.337 e. The molecule has 1 atom stereocenters. The Morgan fingerprint density at radius 3 is 2.62 bits per heavy atom. The fraction of sp³-hybridized carbons (Fsp3) is 0.481. The number of halogens is 1. The predicted molar refractivity (Wildman–Crippen MR) is 132 cm³/mol. The Kier molecular flexibility index (Phi) is 7.65. The Hall–Kier alpha value is -2.75. The number of nitriles is 1. The lowest BCUT2D eigenvalue weighted by molar-refractivity contribution is -0.140. The van der Waals surface area contributed by atoms with Gasteiger partial charge >= 0.3 is 0 Å². The van der Waals surface area contributed by atoms with Crippen LogP contribution in [0.3, 0.4) is 0 Å². The van der Waals surface area contributed by atoms with Crippen molar-refractivity contribution in [3.63, 3.8) is 0 Å². The van der Waals surface area contributed by atoms with E-state index in [-0.39, 0.29) is 29.9 Å². The van der Waals surface area contributed by atoms with Crippen LogP contribution < -0.4 is 0 Å². The van der Waals surface area contributed by atoms with E-state index >= 15 is 0 Å². The highest BCUT2D eigenvalue weighted by atomic mass is 35.5. The number of ketones is 1. The van der Waals surface area contributed by atoms with Crippen LogP contribution in [0.2, 0.25) is 5.02 Å². The van der Waals surface area contributed by atoms with Crippen LogP contribution in [0.4, 0.5) is 0 Å². The summed E-state index contributed by atoms with van der Waals surface area (Å²) in [5.41, 5.74) is 3.76. The van der Waals surface area contributed by atoms with Crippen LogP contribution in [-0.2, 0) is 17.8 Å². The highest BCUT2D eigenvalue weighted by Gasteiger charge is 2.33. The van der Waals surface area contributed by atoms with Crippen LogP contribution >= 0.6 is 11.6 Å². The SMILES string of the molecule is Cc1c(CC(=O)c2ccnc(C#N)c2)cc(Cl)cc1CN1CCN(C(=O)C2CCCC2)[C@@H](C)C1. The number of pyridine rings is 1. The second kappa shape index (κ2) is 10.7. The third-order valence-electron chi connectivity index (χ3n) is 7.23. The molecule has 1 saturated heterocycles. The van der Waals surface area contributed by atoms with Gasteiger partial charge in [0, 0.05) is 61.3 Å². The molecule has 2 heterocycles. The van der Waals surface area contributed by atoms with Crippen molar-refractivity contribution in [3.8, 4) is 6.07 Å². The molecule has 1 aromatic heterocycles. The number of amides is 1. The molecule has 34 heavy (non-hydrogen) atoms. The molecule has 4 rings (SSSR count). The third-order valence-corrected chi connectivity index (χ3v) is 7.45. The zero-order valence-corrected chi connectivity index (χ0v) is 20.6. The molecule has 7 heteroatoms. The van der Waals surface area contributed by atoms with Crippen molar-refractivity contribution in [2.75, 3.05) is 19.6 Å². The fourth-order valence-corrected chi connectivity index (χ4v) is 5.50. The van der Waals surface area contributed by atoms with Gasteiger partial charge < -0.3 is 4.90 Å². The smallest absolute Gasteiger partial charge is 0.226 e. The molecule has 0 bridgehead atoms. The number of piperazine rings is 1. The summed E-state index contributed by atoms with van der Waals surface area (Å²) in [5.74, 6) is 0.483. The molecular weight excluding hydrogens is 448 g/mol. The van der Waals surface area contributed by atoms with Gasteiger partial charge in [-0.3, -0.25) is 14.5 Å². The van der Waals surface area contributed by atoms with Gasteiger partial charge in [-0.05, 0) is 67.6 Å². The van der Waals surface area contributed by atoms with Crippen LogP contribution in [0.15, 0.2) is 30.5 Å². The highest BCUT2D eigenvalue weighted by molar-refractivity contribution is 6.30. The van der Waals surface area contributed by atoms with Crippen LogP contribution in [0.25, 0.3) is 0 Å². The molecule has 2 fully saturated rings. The number of hydrogen-bond acceptors (Lipinski definition) is 5. The monoisotopic (exact) mass is 478 g/mol. The van der Waals surface area contributed by atoms with Crippen molar-refractivity contribution in [3.05, 3.63) is 63.4 Å². The van der Waals surface area contributed by atoms with Gasteiger partial charge in [0.05, 0.1) is 0 Å². The van der Waals surface area contributed by atoms with Crippen molar-refractivity contribution >= 4 is 23.3 Å². The molecule has 1 aliphatic heterocycles. The molecule has 0 N–H and O–H groups in total. The zero-order valence-electron chi connectivity index (χ0n) is 19.9. The van der Waals surface area contributed by atoms with E-state index in [1.807, 2.05) is 25.1 Å². The number of carbonyl (C=O) groups excluding carboxylic acids is 2. The van der Waals surface area contributed by atoms with Crippen molar-refractivity contribution < 1.29 is 9.59 Å². The molecule has 0 unspecified atom stereocenters. The summed E-state index contributed by atoms with van der Waals surface area (Å²) in [6.07, 6.45) is 6.11. The maximum atomic E-state index is 12.9. The van der Waals surface area contributed by atoms with E-state index in [1.165, 1.54) is 25.1 Å². The van der Waals surface area contributed by atoms with E-state index in [0.717, 1.165) is 55.7 Å². The summed E-state index contributed by atoms with van der Waals surface area (Å²) in [4.78, 5) is 34.2. The highest BCUT2D eigenvalue weighted by Crippen LogP contribution is 2.29. The van der Waals surface area contributed by atoms with Gasteiger partial charge in [0.2, 0.25) is 5.91 Å². The van der Waals surface area contributed by atoms with Crippen molar-refractivity contribution in [2.45, 2.75) is 58.5 Å². The molecule has 1 saturated carbocycles. The zero-order chi connectivity index (χ0) is 24.2. The van der Waals surface area contributed by atoms with Crippen LogP contribution in [0.1, 0.15) is 65.3 Å². The minimum atomic E-state index is -0.0668. The van der Waals surface area contributed by atoms with Crippen LogP contribution in [0, 0.1) is 24.2 Å². The number of rotatable bonds is 6. The average Bonchev–Trinajstić information content (AvgIpc) is 3.37. The Morgan fingerprint density at radius 2 is 1.91 bits per heavy atom. The van der Waals surface area contributed by atoms with E-state index in [1.54, 1.807) is 6.07 Å². The molecule has 0 radical (unpaired) electrons. The summed E-state index contributed by atoms with van der Waals surface area (Å²) in [6.45, 7) is 7.31. The van der Waals surface area contributed by atoms with Gasteiger partial charge in [0.15, 0.2) is 5.78 Å². The molecule has 2 aromatic rings. The molecule has 1 aromatic carbocycles. The second-order valence-corrected chi connectivity index (χ2v) is 10.0. The molecule has 178 valence electrons. The summed E-state index contributed by atoms with van der Waals surface area (Å²) in [7, 11) is 0. The largest absolute Gasteiger partial charge is 0.337 e. The maximum absolute atomic E-state index is 12.9. The quantitative estimate of drug-likeness (QED) is 0.568. The van der Waals surface area contributed by atoms with E-state index in [9.17, 15) is 9.59 Å². The number of hydrogen-bond donors (Lipinski definition) is 0. The first kappa shape index (κ1) is 24.4. The molecule has 1 aliphatic carbocycles. The average molecular weight is 479 g/mol. The van der Waals surface area contributed by atoms with Crippen molar-refractivity contribution in [1.82, 2.24) is 14.8 Å². The molecule has 2 aliphatic rings. The predicted octanol–water partition coefficient (Wildman–Crippen LogP) is 4.56. The van der Waals surface area contributed by atoms with Crippen LogP contribution in [-0.4, -0.2) is 52.2 Å². The normalized spacial score (nSPS) is 19.2. The Morgan fingerprint density at radius 1 is 1.18 bits per heavy atom. The van der Waals surface area contributed by atoms with Gasteiger partial charge in [-0.15, -0.1) is 0 Å². The molecule has 0 spiro atoms. The van der Waals surface area contributed by atoms with Gasteiger partial charge in [-0.1, -0.05) is 24.4 Å². The van der Waals surface area contributed by atoms with Gasteiger partial charge in [-0.25, -0.2) is 4.98 Å². The van der Waals surface area contributed by atoms with E-state index in [4.69, 9.17) is 16.9 Å². The first-order chi connectivity index (χ1) is 16.4. The number of Topliss-reactive ketones (excluding diaryl/α,β-unsaturated/α-hetero) is 1. The second-order valence-electron chi connectivity index (χ2n) is 9.59. The Balaban J connectivity index is 1.43. The third kappa shape index (κ3) is 5.48.